The molecule has 0 fully saturated rings. The van der Waals surface area contributed by atoms with Gasteiger partial charge in [0.25, 0.3) is 0 Å². The van der Waals surface area contributed by atoms with E-state index in [-0.39, 0.29) is 12.6 Å². The predicted octanol–water partition coefficient (Wildman–Crippen LogP) is 2.88. The third kappa shape index (κ3) is 4.15. The fraction of sp³-hybridized carbons (Fsp3) is 0.350. The highest BCUT2D eigenvalue weighted by atomic mass is 16.3. The first-order chi connectivity index (χ1) is 11.8. The highest BCUT2D eigenvalue weighted by molar-refractivity contribution is 5.74. The molecule has 4 heteroatoms. The number of amides is 2. The van der Waals surface area contributed by atoms with Crippen LogP contribution in [0.4, 0.5) is 4.79 Å². The molecular formula is C20H24N2O2. The minimum absolute atomic E-state index is 0.0426. The number of aliphatic hydroxyl groups is 1. The third-order valence-electron chi connectivity index (χ3n) is 4.48. The highest BCUT2D eigenvalue weighted by Crippen LogP contribution is 2.22. The van der Waals surface area contributed by atoms with Gasteiger partial charge in [-0.3, -0.25) is 0 Å². The van der Waals surface area contributed by atoms with Crippen molar-refractivity contribution < 1.29 is 9.90 Å². The number of carbonyl (C=O) groups excluding carboxylic acids is 1. The van der Waals surface area contributed by atoms with Gasteiger partial charge in [-0.15, -0.1) is 0 Å². The Morgan fingerprint density at radius 1 is 1.04 bits per heavy atom. The van der Waals surface area contributed by atoms with E-state index in [1.807, 2.05) is 30.3 Å². The van der Waals surface area contributed by atoms with Gasteiger partial charge in [-0.1, -0.05) is 48.5 Å². The summed E-state index contributed by atoms with van der Waals surface area (Å²) < 4.78 is 0. The average Bonchev–Trinajstić information content (AvgIpc) is 3.08. The lowest BCUT2D eigenvalue weighted by molar-refractivity contribution is 0.173. The van der Waals surface area contributed by atoms with Crippen LogP contribution in [0, 0.1) is 0 Å². The maximum absolute atomic E-state index is 12.4. The minimum atomic E-state index is -0.145. The van der Waals surface area contributed by atoms with Crippen molar-refractivity contribution >= 4 is 6.03 Å². The van der Waals surface area contributed by atoms with Crippen molar-refractivity contribution in [3.05, 3.63) is 70.8 Å². The summed E-state index contributed by atoms with van der Waals surface area (Å²) in [6.45, 7) is 1.30. The van der Waals surface area contributed by atoms with E-state index in [2.05, 4.69) is 23.5 Å². The number of rotatable bonds is 6. The second-order valence-electron chi connectivity index (χ2n) is 6.25. The summed E-state index contributed by atoms with van der Waals surface area (Å²) in [4.78, 5) is 14.1. The van der Waals surface area contributed by atoms with Gasteiger partial charge in [0.05, 0.1) is 6.61 Å². The lowest BCUT2D eigenvalue weighted by Gasteiger charge is -2.22. The summed E-state index contributed by atoms with van der Waals surface area (Å²) in [6, 6.07) is 16.2. The number of urea groups is 1. The number of hydrogen-bond donors (Lipinski definition) is 2. The van der Waals surface area contributed by atoms with Crippen molar-refractivity contribution in [3.8, 4) is 0 Å². The van der Waals surface area contributed by atoms with E-state index in [1.54, 1.807) is 4.90 Å². The second-order valence-corrected chi connectivity index (χ2v) is 6.25. The summed E-state index contributed by atoms with van der Waals surface area (Å²) >= 11 is 0. The van der Waals surface area contributed by atoms with E-state index in [9.17, 15) is 9.90 Å². The lowest BCUT2D eigenvalue weighted by atomic mass is 10.1. The SMILES string of the molecule is O=C(NCc1ccc2c(c1)CCC2)N(CCO)Cc1ccccc1. The first-order valence-electron chi connectivity index (χ1n) is 8.54. The zero-order valence-corrected chi connectivity index (χ0v) is 13.9. The van der Waals surface area contributed by atoms with Crippen molar-refractivity contribution in [2.45, 2.75) is 32.4 Å². The molecule has 2 aromatic carbocycles. The van der Waals surface area contributed by atoms with E-state index < -0.39 is 0 Å². The Balaban J connectivity index is 1.59. The Kier molecular flexibility index (Phi) is 5.49. The van der Waals surface area contributed by atoms with Crippen molar-refractivity contribution in [1.82, 2.24) is 10.2 Å². The first kappa shape index (κ1) is 16.5. The van der Waals surface area contributed by atoms with Crippen LogP contribution in [0.5, 0.6) is 0 Å². The monoisotopic (exact) mass is 324 g/mol. The Labute approximate surface area is 143 Å². The molecule has 2 N–H and O–H groups in total. The maximum Gasteiger partial charge on any atom is 0.318 e. The minimum Gasteiger partial charge on any atom is -0.395 e. The van der Waals surface area contributed by atoms with Gasteiger partial charge in [0, 0.05) is 19.6 Å². The van der Waals surface area contributed by atoms with E-state index in [4.69, 9.17) is 0 Å². The second kappa shape index (κ2) is 7.97. The molecule has 0 bridgehead atoms. The van der Waals surface area contributed by atoms with E-state index in [0.717, 1.165) is 17.5 Å². The van der Waals surface area contributed by atoms with Crippen molar-refractivity contribution in [2.75, 3.05) is 13.2 Å². The molecule has 0 aromatic heterocycles. The smallest absolute Gasteiger partial charge is 0.318 e. The maximum atomic E-state index is 12.4. The number of aliphatic hydroxyl groups excluding tert-OH is 1. The molecule has 24 heavy (non-hydrogen) atoms. The molecule has 126 valence electrons. The van der Waals surface area contributed by atoms with Crippen LogP contribution in [0.3, 0.4) is 0 Å². The van der Waals surface area contributed by atoms with Crippen LogP contribution in [0.2, 0.25) is 0 Å². The zero-order chi connectivity index (χ0) is 16.8. The largest absolute Gasteiger partial charge is 0.395 e. The molecule has 2 amide bonds. The Hall–Kier alpha value is -2.33. The number of carbonyl (C=O) groups is 1. The van der Waals surface area contributed by atoms with Gasteiger partial charge in [0.1, 0.15) is 0 Å². The van der Waals surface area contributed by atoms with Crippen LogP contribution in [-0.2, 0) is 25.9 Å². The number of fused-ring (bicyclic) bond motifs is 1. The lowest BCUT2D eigenvalue weighted by Crippen LogP contribution is -2.40. The summed E-state index contributed by atoms with van der Waals surface area (Å²) in [5, 5.41) is 12.2. The zero-order valence-electron chi connectivity index (χ0n) is 13.9. The summed E-state index contributed by atoms with van der Waals surface area (Å²) in [5.74, 6) is 0. The fourth-order valence-corrected chi connectivity index (χ4v) is 3.20. The molecule has 0 unspecified atom stereocenters. The Morgan fingerprint density at radius 3 is 2.62 bits per heavy atom. The number of nitrogens with one attached hydrogen (secondary N) is 1. The first-order valence-corrected chi connectivity index (χ1v) is 8.54. The molecule has 0 saturated carbocycles. The molecule has 0 atom stereocenters. The van der Waals surface area contributed by atoms with Crippen LogP contribution >= 0.6 is 0 Å². The summed E-state index contributed by atoms with van der Waals surface area (Å²) in [5.41, 5.74) is 5.04. The van der Waals surface area contributed by atoms with E-state index in [0.29, 0.717) is 19.6 Å². The third-order valence-corrected chi connectivity index (χ3v) is 4.48. The summed E-state index contributed by atoms with van der Waals surface area (Å²) in [6.07, 6.45) is 3.54. The van der Waals surface area contributed by atoms with Gasteiger partial charge in [-0.05, 0) is 41.5 Å². The Morgan fingerprint density at radius 2 is 1.83 bits per heavy atom. The topological polar surface area (TPSA) is 52.6 Å². The van der Waals surface area contributed by atoms with E-state index in [1.165, 1.54) is 24.0 Å². The van der Waals surface area contributed by atoms with Gasteiger partial charge in [-0.25, -0.2) is 4.79 Å². The standard InChI is InChI=1S/C20H24N2O2/c23-12-11-22(15-16-5-2-1-3-6-16)20(24)21-14-17-9-10-18-7-4-8-19(18)13-17/h1-3,5-6,9-10,13,23H,4,7-8,11-12,14-15H2,(H,21,24). The Bertz CT molecular complexity index is 685. The number of hydrogen-bond acceptors (Lipinski definition) is 2. The van der Waals surface area contributed by atoms with Gasteiger partial charge in [0.2, 0.25) is 0 Å². The van der Waals surface area contributed by atoms with E-state index >= 15 is 0 Å². The van der Waals surface area contributed by atoms with Crippen LogP contribution in [0.25, 0.3) is 0 Å². The number of nitrogens with zero attached hydrogens (tertiary/aromatic N) is 1. The van der Waals surface area contributed by atoms with Crippen LogP contribution < -0.4 is 5.32 Å². The number of aryl methyl sites for hydroxylation is 2. The van der Waals surface area contributed by atoms with Gasteiger partial charge in [0.15, 0.2) is 0 Å². The van der Waals surface area contributed by atoms with Crippen LogP contribution in [0.15, 0.2) is 48.5 Å². The molecule has 2 aromatic rings. The van der Waals surface area contributed by atoms with Gasteiger partial charge >= 0.3 is 6.03 Å². The quantitative estimate of drug-likeness (QED) is 0.858. The molecule has 1 aliphatic rings. The molecular weight excluding hydrogens is 300 g/mol. The van der Waals surface area contributed by atoms with Crippen molar-refractivity contribution in [3.63, 3.8) is 0 Å². The van der Waals surface area contributed by atoms with Crippen LogP contribution in [-0.4, -0.2) is 29.2 Å². The fourth-order valence-electron chi connectivity index (χ4n) is 3.20. The predicted molar refractivity (Wildman–Crippen MR) is 94.6 cm³/mol. The molecule has 4 nitrogen and oxygen atoms in total. The normalized spacial score (nSPS) is 12.7. The molecule has 0 spiro atoms. The molecule has 0 heterocycles. The molecule has 3 rings (SSSR count). The van der Waals surface area contributed by atoms with Crippen molar-refractivity contribution in [2.24, 2.45) is 0 Å². The number of benzene rings is 2. The van der Waals surface area contributed by atoms with Gasteiger partial charge < -0.3 is 15.3 Å². The molecule has 0 radical (unpaired) electrons. The van der Waals surface area contributed by atoms with Gasteiger partial charge in [-0.2, -0.15) is 0 Å². The van der Waals surface area contributed by atoms with Crippen LogP contribution in [0.1, 0.15) is 28.7 Å². The molecule has 0 aliphatic heterocycles. The van der Waals surface area contributed by atoms with Crippen molar-refractivity contribution in [1.29, 1.82) is 0 Å². The molecule has 1 aliphatic carbocycles. The average molecular weight is 324 g/mol. The highest BCUT2D eigenvalue weighted by Gasteiger charge is 2.14. The summed E-state index contributed by atoms with van der Waals surface area (Å²) in [7, 11) is 0. The molecule has 0 saturated heterocycles.